The molecule has 0 saturated heterocycles. The summed E-state index contributed by atoms with van der Waals surface area (Å²) in [6.45, 7) is 4.62. The second kappa shape index (κ2) is 9.84. The van der Waals surface area contributed by atoms with E-state index in [2.05, 4.69) is 0 Å². The highest BCUT2D eigenvalue weighted by Gasteiger charge is 2.30. The van der Waals surface area contributed by atoms with Crippen molar-refractivity contribution in [3.8, 4) is 39.8 Å². The van der Waals surface area contributed by atoms with Crippen LogP contribution in [0.4, 0.5) is 0 Å². The Bertz CT molecular complexity index is 1600. The molecule has 0 radical (unpaired) electrons. The van der Waals surface area contributed by atoms with Crippen LogP contribution in [-0.2, 0) is 0 Å². The number of hydrogen-bond acceptors (Lipinski definition) is 5. The van der Waals surface area contributed by atoms with Crippen LogP contribution in [0.15, 0.2) is 71.1 Å². The second-order valence-electron chi connectivity index (χ2n) is 8.37. The fourth-order valence-corrected chi connectivity index (χ4v) is 4.74. The lowest BCUT2D eigenvalue weighted by molar-refractivity contribution is 0.0743. The standard InChI is InChI=1S/C28H23Cl2N3O4/c1-3-32(4-2)28(36)26-25(33-22(34)13-14-23(33)35)20-15-19(16-9-11-17(29)12-10-16)24(31-27(20)37-26)18-7-5-6-8-21(18)30/h5-15,34-35H,3-4H2,1-2H3. The Morgan fingerprint density at radius 3 is 2.22 bits per heavy atom. The molecule has 3 aromatic heterocycles. The summed E-state index contributed by atoms with van der Waals surface area (Å²) in [6, 6.07) is 19.1. The summed E-state index contributed by atoms with van der Waals surface area (Å²) in [5.41, 5.74) is 3.08. The Labute approximate surface area is 223 Å². The SMILES string of the molecule is CCN(CC)C(=O)c1oc2nc(-c3ccccc3Cl)c(-c3ccc(Cl)cc3)cc2c1-n1c(O)ccc1O. The number of furan rings is 1. The number of pyridine rings is 1. The zero-order valence-electron chi connectivity index (χ0n) is 20.1. The first kappa shape index (κ1) is 24.7. The maximum Gasteiger partial charge on any atom is 0.291 e. The minimum Gasteiger partial charge on any atom is -0.494 e. The molecule has 5 rings (SSSR count). The van der Waals surface area contributed by atoms with Crippen LogP contribution < -0.4 is 0 Å². The fourth-order valence-electron chi connectivity index (χ4n) is 4.39. The number of carbonyl (C=O) groups excluding carboxylic acids is 1. The van der Waals surface area contributed by atoms with Gasteiger partial charge in [-0.3, -0.25) is 4.79 Å². The minimum atomic E-state index is -0.391. The highest BCUT2D eigenvalue weighted by molar-refractivity contribution is 6.33. The van der Waals surface area contributed by atoms with Crippen LogP contribution in [0.3, 0.4) is 0 Å². The first-order valence-electron chi connectivity index (χ1n) is 11.7. The van der Waals surface area contributed by atoms with E-state index in [1.807, 2.05) is 50.2 Å². The number of hydrogen-bond donors (Lipinski definition) is 2. The topological polar surface area (TPSA) is 91.7 Å². The van der Waals surface area contributed by atoms with Crippen molar-refractivity contribution in [2.24, 2.45) is 0 Å². The summed E-state index contributed by atoms with van der Waals surface area (Å²) in [7, 11) is 0. The van der Waals surface area contributed by atoms with Gasteiger partial charge in [-0.1, -0.05) is 53.5 Å². The third kappa shape index (κ3) is 4.30. The number of aromatic hydroxyl groups is 2. The van der Waals surface area contributed by atoms with Crippen molar-refractivity contribution < 1.29 is 19.4 Å². The zero-order valence-corrected chi connectivity index (χ0v) is 21.6. The average molecular weight is 536 g/mol. The number of benzene rings is 2. The largest absolute Gasteiger partial charge is 0.494 e. The molecule has 0 spiro atoms. The van der Waals surface area contributed by atoms with Crippen molar-refractivity contribution in [1.29, 1.82) is 0 Å². The van der Waals surface area contributed by atoms with Gasteiger partial charge in [0.15, 0.2) is 11.8 Å². The molecule has 0 aliphatic rings. The highest BCUT2D eigenvalue weighted by atomic mass is 35.5. The van der Waals surface area contributed by atoms with Gasteiger partial charge in [-0.15, -0.1) is 0 Å². The van der Waals surface area contributed by atoms with Crippen LogP contribution in [0.5, 0.6) is 11.8 Å². The Kier molecular flexibility index (Phi) is 6.58. The molecule has 2 aromatic carbocycles. The number of fused-ring (bicyclic) bond motifs is 1. The zero-order chi connectivity index (χ0) is 26.3. The molecule has 1 amide bonds. The Hall–Kier alpha value is -3.94. The van der Waals surface area contributed by atoms with Crippen LogP contribution in [0, 0.1) is 0 Å². The third-order valence-electron chi connectivity index (χ3n) is 6.25. The highest BCUT2D eigenvalue weighted by Crippen LogP contribution is 2.42. The van der Waals surface area contributed by atoms with E-state index >= 15 is 0 Å². The lowest BCUT2D eigenvalue weighted by Gasteiger charge is -2.18. The second-order valence-corrected chi connectivity index (χ2v) is 9.21. The van der Waals surface area contributed by atoms with Crippen molar-refractivity contribution >= 4 is 40.2 Å². The summed E-state index contributed by atoms with van der Waals surface area (Å²) >= 11 is 12.7. The molecular formula is C28H23Cl2N3O4. The normalized spacial score (nSPS) is 11.2. The summed E-state index contributed by atoms with van der Waals surface area (Å²) in [4.78, 5) is 19.9. The van der Waals surface area contributed by atoms with Crippen molar-refractivity contribution in [1.82, 2.24) is 14.5 Å². The number of halogens is 2. The van der Waals surface area contributed by atoms with Crippen LogP contribution in [-0.4, -0.2) is 43.7 Å². The minimum absolute atomic E-state index is 0.0497. The molecule has 0 fully saturated rings. The number of rotatable bonds is 6. The van der Waals surface area contributed by atoms with E-state index in [0.717, 1.165) is 5.56 Å². The third-order valence-corrected chi connectivity index (χ3v) is 6.83. The summed E-state index contributed by atoms with van der Waals surface area (Å²) in [5.74, 6) is -0.946. The fraction of sp³-hybridized carbons (Fsp3) is 0.143. The van der Waals surface area contributed by atoms with E-state index in [4.69, 9.17) is 32.6 Å². The van der Waals surface area contributed by atoms with Gasteiger partial charge in [-0.2, -0.15) is 0 Å². The maximum absolute atomic E-state index is 13.5. The van der Waals surface area contributed by atoms with Gasteiger partial charge in [0.1, 0.15) is 5.69 Å². The number of nitrogens with zero attached hydrogens (tertiary/aromatic N) is 3. The van der Waals surface area contributed by atoms with E-state index < -0.39 is 5.91 Å². The van der Waals surface area contributed by atoms with Gasteiger partial charge in [0.05, 0.1) is 11.1 Å². The van der Waals surface area contributed by atoms with Crippen molar-refractivity contribution in [2.75, 3.05) is 13.1 Å². The van der Waals surface area contributed by atoms with Gasteiger partial charge >= 0.3 is 0 Å². The average Bonchev–Trinajstić information content (AvgIpc) is 3.42. The summed E-state index contributed by atoms with van der Waals surface area (Å²) in [6.07, 6.45) is 0. The Morgan fingerprint density at radius 1 is 0.946 bits per heavy atom. The molecule has 0 aliphatic heterocycles. The Balaban J connectivity index is 1.89. The molecule has 0 atom stereocenters. The first-order chi connectivity index (χ1) is 17.8. The van der Waals surface area contributed by atoms with Gasteiger partial charge in [-0.25, -0.2) is 9.55 Å². The van der Waals surface area contributed by atoms with Gasteiger partial charge < -0.3 is 19.5 Å². The summed E-state index contributed by atoms with van der Waals surface area (Å²) in [5, 5.41) is 22.7. The van der Waals surface area contributed by atoms with Crippen LogP contribution in [0.2, 0.25) is 10.0 Å². The first-order valence-corrected chi connectivity index (χ1v) is 12.5. The molecule has 3 heterocycles. The molecule has 7 nitrogen and oxygen atoms in total. The van der Waals surface area contributed by atoms with Crippen molar-refractivity contribution in [3.63, 3.8) is 0 Å². The van der Waals surface area contributed by atoms with Crippen LogP contribution >= 0.6 is 23.2 Å². The van der Waals surface area contributed by atoms with Crippen molar-refractivity contribution in [3.05, 3.63) is 82.5 Å². The Morgan fingerprint density at radius 2 is 1.59 bits per heavy atom. The lowest BCUT2D eigenvalue weighted by atomic mass is 9.98. The van der Waals surface area contributed by atoms with E-state index in [9.17, 15) is 15.0 Å². The molecule has 2 N–H and O–H groups in total. The van der Waals surface area contributed by atoms with Gasteiger partial charge in [-0.05, 0) is 43.7 Å². The van der Waals surface area contributed by atoms with Crippen LogP contribution in [0.25, 0.3) is 39.2 Å². The molecule has 0 unspecified atom stereocenters. The molecule has 0 saturated carbocycles. The van der Waals surface area contributed by atoms with Crippen molar-refractivity contribution in [2.45, 2.75) is 13.8 Å². The number of aromatic nitrogens is 2. The van der Waals surface area contributed by atoms with E-state index in [-0.39, 0.29) is 28.9 Å². The molecule has 5 aromatic rings. The molecule has 0 bridgehead atoms. The van der Waals surface area contributed by atoms with E-state index in [0.29, 0.717) is 45.3 Å². The van der Waals surface area contributed by atoms with Gasteiger partial charge in [0, 0.05) is 46.4 Å². The molecular weight excluding hydrogens is 513 g/mol. The smallest absolute Gasteiger partial charge is 0.291 e. The predicted octanol–water partition coefficient (Wildman–Crippen LogP) is 7.15. The van der Waals surface area contributed by atoms with E-state index in [1.165, 1.54) is 16.7 Å². The quantitative estimate of drug-likeness (QED) is 0.240. The number of carbonyl (C=O) groups is 1. The molecule has 0 aliphatic carbocycles. The number of amides is 1. The summed E-state index contributed by atoms with van der Waals surface area (Å²) < 4.78 is 7.25. The monoisotopic (exact) mass is 535 g/mol. The van der Waals surface area contributed by atoms with E-state index in [1.54, 1.807) is 23.1 Å². The lowest BCUT2D eigenvalue weighted by Crippen LogP contribution is -2.30. The predicted molar refractivity (Wildman–Crippen MR) is 145 cm³/mol. The maximum atomic E-state index is 13.5. The molecule has 37 heavy (non-hydrogen) atoms. The van der Waals surface area contributed by atoms with Gasteiger partial charge in [0.25, 0.3) is 5.91 Å². The molecule has 188 valence electrons. The van der Waals surface area contributed by atoms with Crippen LogP contribution in [0.1, 0.15) is 24.4 Å². The molecule has 9 heteroatoms. The van der Waals surface area contributed by atoms with Gasteiger partial charge in [0.2, 0.25) is 11.5 Å².